The second-order valence-electron chi connectivity index (χ2n) is 8.68. The third-order valence-electron chi connectivity index (χ3n) is 6.31. The monoisotopic (exact) mass is 482 g/mol. The number of aromatic carboxylic acids is 1. The Bertz CT molecular complexity index is 1210. The molecule has 35 heavy (non-hydrogen) atoms. The standard InChI is InChI=1S/C25H27FN4O4.CH4/c1-14-2-7-17(26)12-20(14)24(32)28-13-15-3-8-18(9-4-15)30-23(25(33)34)21(27)22(29-30)16-5-10-19(31)11-6-16;/h2-4,7-9,12,16,19,31H,5-6,10-11,13,27H2,1H3,(H,28,32)(H,33,34);1H4. The van der Waals surface area contributed by atoms with Gasteiger partial charge in [0.2, 0.25) is 0 Å². The minimum absolute atomic E-state index is 0. The number of hydrogen-bond donors (Lipinski definition) is 4. The van der Waals surface area contributed by atoms with E-state index in [-0.39, 0.29) is 48.8 Å². The van der Waals surface area contributed by atoms with Crippen molar-refractivity contribution >= 4 is 17.6 Å². The van der Waals surface area contributed by atoms with Crippen LogP contribution in [-0.2, 0) is 6.54 Å². The molecule has 8 nitrogen and oxygen atoms in total. The Morgan fingerprint density at radius 3 is 2.43 bits per heavy atom. The van der Waals surface area contributed by atoms with Gasteiger partial charge in [0.15, 0.2) is 5.69 Å². The first-order chi connectivity index (χ1) is 16.2. The molecule has 1 aliphatic rings. The number of nitrogens with one attached hydrogen (secondary N) is 1. The van der Waals surface area contributed by atoms with Gasteiger partial charge in [-0.05, 0) is 68.0 Å². The zero-order valence-electron chi connectivity index (χ0n) is 18.8. The summed E-state index contributed by atoms with van der Waals surface area (Å²) in [5, 5.41) is 26.8. The van der Waals surface area contributed by atoms with Crippen molar-refractivity contribution in [2.45, 2.75) is 58.6 Å². The van der Waals surface area contributed by atoms with Gasteiger partial charge in [0.05, 0.1) is 23.2 Å². The molecule has 3 aromatic rings. The summed E-state index contributed by atoms with van der Waals surface area (Å²) in [5.41, 5.74) is 9.06. The van der Waals surface area contributed by atoms with Crippen LogP contribution in [0.25, 0.3) is 5.69 Å². The van der Waals surface area contributed by atoms with E-state index in [0.29, 0.717) is 42.6 Å². The quantitative estimate of drug-likeness (QED) is 0.417. The van der Waals surface area contributed by atoms with E-state index in [1.54, 1.807) is 37.3 Å². The number of aromatic nitrogens is 2. The number of carboxylic acid groups (broad SMARTS) is 1. The van der Waals surface area contributed by atoms with Crippen LogP contribution in [0.3, 0.4) is 0 Å². The smallest absolute Gasteiger partial charge is 0.356 e. The van der Waals surface area contributed by atoms with Crippen LogP contribution in [0, 0.1) is 12.7 Å². The number of hydrogen-bond acceptors (Lipinski definition) is 5. The number of anilines is 1. The highest BCUT2D eigenvalue weighted by Gasteiger charge is 2.29. The third kappa shape index (κ3) is 5.51. The first-order valence-electron chi connectivity index (χ1n) is 11.2. The van der Waals surface area contributed by atoms with Crippen molar-refractivity contribution in [1.82, 2.24) is 15.1 Å². The lowest BCUT2D eigenvalue weighted by Gasteiger charge is -2.24. The SMILES string of the molecule is C.Cc1ccc(F)cc1C(=O)NCc1ccc(-n2nc(C3CCC(O)CC3)c(N)c2C(=O)O)cc1. The largest absolute Gasteiger partial charge is 0.476 e. The third-order valence-corrected chi connectivity index (χ3v) is 6.31. The van der Waals surface area contributed by atoms with Crippen LogP contribution in [0.4, 0.5) is 10.1 Å². The van der Waals surface area contributed by atoms with Crippen molar-refractivity contribution in [2.75, 3.05) is 5.73 Å². The maximum absolute atomic E-state index is 13.5. The van der Waals surface area contributed by atoms with Gasteiger partial charge in [0.1, 0.15) is 5.82 Å². The lowest BCUT2D eigenvalue weighted by atomic mass is 9.85. The average Bonchev–Trinajstić information content (AvgIpc) is 3.17. The molecule has 1 heterocycles. The number of aliphatic hydroxyl groups excluding tert-OH is 1. The van der Waals surface area contributed by atoms with Crippen molar-refractivity contribution in [2.24, 2.45) is 0 Å². The maximum Gasteiger partial charge on any atom is 0.356 e. The van der Waals surface area contributed by atoms with Crippen LogP contribution in [-0.4, -0.2) is 38.0 Å². The number of nitrogens with two attached hydrogens (primary N) is 1. The van der Waals surface area contributed by atoms with Gasteiger partial charge in [-0.25, -0.2) is 13.9 Å². The molecule has 0 bridgehead atoms. The van der Waals surface area contributed by atoms with Crippen molar-refractivity contribution in [3.63, 3.8) is 0 Å². The Balaban J connectivity index is 0.00000342. The number of halogens is 1. The summed E-state index contributed by atoms with van der Waals surface area (Å²) in [6.45, 7) is 1.96. The normalized spacial score (nSPS) is 17.5. The molecule has 1 amide bonds. The van der Waals surface area contributed by atoms with Crippen molar-refractivity contribution in [1.29, 1.82) is 0 Å². The van der Waals surface area contributed by atoms with Gasteiger partial charge in [0, 0.05) is 18.0 Å². The van der Waals surface area contributed by atoms with E-state index in [1.165, 1.54) is 16.8 Å². The molecule has 0 saturated heterocycles. The number of carbonyl (C=O) groups is 2. The van der Waals surface area contributed by atoms with Gasteiger partial charge in [0.25, 0.3) is 5.91 Å². The minimum Gasteiger partial charge on any atom is -0.476 e. The molecule has 1 aromatic heterocycles. The van der Waals surface area contributed by atoms with E-state index in [4.69, 9.17) is 5.73 Å². The number of nitrogen functional groups attached to an aromatic ring is 1. The van der Waals surface area contributed by atoms with Crippen LogP contribution >= 0.6 is 0 Å². The predicted molar refractivity (Wildman–Crippen MR) is 131 cm³/mol. The van der Waals surface area contributed by atoms with Crippen LogP contribution in [0.15, 0.2) is 42.5 Å². The summed E-state index contributed by atoms with van der Waals surface area (Å²) in [7, 11) is 0. The van der Waals surface area contributed by atoms with Gasteiger partial charge >= 0.3 is 5.97 Å². The van der Waals surface area contributed by atoms with E-state index in [2.05, 4.69) is 10.4 Å². The molecule has 4 rings (SSSR count). The zero-order valence-corrected chi connectivity index (χ0v) is 18.8. The molecule has 0 radical (unpaired) electrons. The Morgan fingerprint density at radius 2 is 1.80 bits per heavy atom. The molecular weight excluding hydrogens is 451 g/mol. The highest BCUT2D eigenvalue weighted by molar-refractivity contribution is 5.95. The number of aryl methyl sites for hydroxylation is 1. The Hall–Kier alpha value is -3.72. The molecule has 0 aliphatic heterocycles. The topological polar surface area (TPSA) is 130 Å². The summed E-state index contributed by atoms with van der Waals surface area (Å²) in [6.07, 6.45) is 2.33. The van der Waals surface area contributed by atoms with E-state index in [0.717, 1.165) is 5.56 Å². The minimum atomic E-state index is -1.17. The molecule has 1 aliphatic carbocycles. The van der Waals surface area contributed by atoms with Gasteiger partial charge < -0.3 is 21.3 Å². The number of nitrogens with zero attached hydrogens (tertiary/aromatic N) is 2. The number of rotatable bonds is 6. The van der Waals surface area contributed by atoms with E-state index in [9.17, 15) is 24.2 Å². The number of carbonyl (C=O) groups excluding carboxylic acids is 1. The van der Waals surface area contributed by atoms with Crippen molar-refractivity contribution in [3.8, 4) is 5.69 Å². The van der Waals surface area contributed by atoms with Crippen LogP contribution in [0.1, 0.15) is 76.7 Å². The summed E-state index contributed by atoms with van der Waals surface area (Å²) in [4.78, 5) is 24.4. The molecule has 5 N–H and O–H groups in total. The number of benzene rings is 2. The summed E-state index contributed by atoms with van der Waals surface area (Å²) < 4.78 is 14.8. The van der Waals surface area contributed by atoms with Crippen molar-refractivity contribution in [3.05, 3.63) is 76.4 Å². The summed E-state index contributed by atoms with van der Waals surface area (Å²) in [6, 6.07) is 11.0. The summed E-state index contributed by atoms with van der Waals surface area (Å²) in [5.74, 6) is -2.02. The van der Waals surface area contributed by atoms with Gasteiger partial charge in [-0.1, -0.05) is 25.6 Å². The van der Waals surface area contributed by atoms with Crippen molar-refractivity contribution < 1.29 is 24.2 Å². The predicted octanol–water partition coefficient (Wildman–Crippen LogP) is 4.18. The molecule has 2 aromatic carbocycles. The van der Waals surface area contributed by atoms with E-state index < -0.39 is 11.8 Å². The van der Waals surface area contributed by atoms with Crippen LogP contribution < -0.4 is 11.1 Å². The molecule has 1 saturated carbocycles. The lowest BCUT2D eigenvalue weighted by molar-refractivity contribution is 0.0687. The van der Waals surface area contributed by atoms with Crippen LogP contribution in [0.2, 0.25) is 0 Å². The molecule has 186 valence electrons. The van der Waals surface area contributed by atoms with E-state index >= 15 is 0 Å². The molecule has 9 heteroatoms. The number of amides is 1. The first kappa shape index (κ1) is 25.9. The Morgan fingerprint density at radius 1 is 1.14 bits per heavy atom. The second-order valence-corrected chi connectivity index (χ2v) is 8.68. The zero-order chi connectivity index (χ0) is 24.4. The highest BCUT2D eigenvalue weighted by Crippen LogP contribution is 2.37. The fourth-order valence-electron chi connectivity index (χ4n) is 4.36. The Kier molecular flexibility index (Phi) is 7.91. The van der Waals surface area contributed by atoms with Crippen LogP contribution in [0.5, 0.6) is 0 Å². The maximum atomic E-state index is 13.5. The lowest BCUT2D eigenvalue weighted by Crippen LogP contribution is -2.23. The Labute approximate surface area is 203 Å². The first-order valence-corrected chi connectivity index (χ1v) is 11.2. The number of aliphatic hydroxyl groups is 1. The molecule has 0 unspecified atom stereocenters. The molecular formula is C26H31FN4O4. The molecule has 0 spiro atoms. The number of carboxylic acids is 1. The van der Waals surface area contributed by atoms with Gasteiger partial charge in [-0.3, -0.25) is 4.79 Å². The highest BCUT2D eigenvalue weighted by atomic mass is 19.1. The molecule has 1 fully saturated rings. The summed E-state index contributed by atoms with van der Waals surface area (Å²) >= 11 is 0. The fourth-order valence-corrected chi connectivity index (χ4v) is 4.36. The van der Waals surface area contributed by atoms with Gasteiger partial charge in [-0.2, -0.15) is 5.10 Å². The molecule has 0 atom stereocenters. The second kappa shape index (κ2) is 10.7. The average molecular weight is 483 g/mol. The fraction of sp³-hybridized carbons (Fsp3) is 0.346. The van der Waals surface area contributed by atoms with E-state index in [1.807, 2.05) is 0 Å². The van der Waals surface area contributed by atoms with Gasteiger partial charge in [-0.15, -0.1) is 0 Å².